The quantitative estimate of drug-likeness (QED) is 0.868. The number of nitrogens with zero attached hydrogens (tertiary/aromatic N) is 4. The third kappa shape index (κ3) is 2.73. The molecule has 2 fully saturated rings. The summed E-state index contributed by atoms with van der Waals surface area (Å²) in [6.45, 7) is 6.30. The van der Waals surface area contributed by atoms with Crippen molar-refractivity contribution in [3.63, 3.8) is 0 Å². The standard InChI is InChI=1S/C17H22N4O/c1-13(17-18-16(19-22-17)14-7-8-14)20-9-11-21(12-10-20)15-5-3-2-4-6-15/h2-6,13-14H,7-12H2,1H3/t13-/m0/s1. The van der Waals surface area contributed by atoms with Crippen LogP contribution in [0.15, 0.2) is 34.9 Å². The van der Waals surface area contributed by atoms with Crippen LogP contribution in [0.1, 0.15) is 43.4 Å². The molecule has 1 aromatic carbocycles. The fraction of sp³-hybridized carbons (Fsp3) is 0.529. The minimum atomic E-state index is 0.206. The fourth-order valence-corrected chi connectivity index (χ4v) is 3.09. The molecular formula is C17H22N4O. The van der Waals surface area contributed by atoms with Gasteiger partial charge in [-0.2, -0.15) is 4.98 Å². The SMILES string of the molecule is C[C@@H](c1nc(C2CC2)no1)N1CCN(c2ccccc2)CC1. The number of piperazine rings is 1. The second-order valence-corrected chi connectivity index (χ2v) is 6.30. The summed E-state index contributed by atoms with van der Waals surface area (Å²) in [7, 11) is 0. The molecule has 1 saturated carbocycles. The summed E-state index contributed by atoms with van der Waals surface area (Å²) in [6.07, 6.45) is 2.42. The minimum absolute atomic E-state index is 0.206. The van der Waals surface area contributed by atoms with Crippen molar-refractivity contribution in [3.8, 4) is 0 Å². The van der Waals surface area contributed by atoms with Gasteiger partial charge in [-0.05, 0) is 31.9 Å². The van der Waals surface area contributed by atoms with E-state index in [2.05, 4.69) is 57.2 Å². The minimum Gasteiger partial charge on any atom is -0.369 e. The highest BCUT2D eigenvalue weighted by molar-refractivity contribution is 5.46. The first kappa shape index (κ1) is 13.8. The van der Waals surface area contributed by atoms with Crippen LogP contribution < -0.4 is 4.90 Å². The van der Waals surface area contributed by atoms with Crippen LogP contribution in [-0.4, -0.2) is 41.2 Å². The monoisotopic (exact) mass is 298 g/mol. The van der Waals surface area contributed by atoms with Gasteiger partial charge in [0.05, 0.1) is 6.04 Å². The predicted octanol–water partition coefficient (Wildman–Crippen LogP) is 2.83. The highest BCUT2D eigenvalue weighted by Gasteiger charge is 2.31. The lowest BCUT2D eigenvalue weighted by Gasteiger charge is -2.38. The molecule has 116 valence electrons. The maximum absolute atomic E-state index is 5.48. The molecule has 0 radical (unpaired) electrons. The fourth-order valence-electron chi connectivity index (χ4n) is 3.09. The summed E-state index contributed by atoms with van der Waals surface area (Å²) in [6, 6.07) is 10.8. The highest BCUT2D eigenvalue weighted by atomic mass is 16.5. The van der Waals surface area contributed by atoms with Crippen molar-refractivity contribution in [1.82, 2.24) is 15.0 Å². The Hall–Kier alpha value is -1.88. The molecule has 1 saturated heterocycles. The molecule has 0 N–H and O–H groups in total. The Morgan fingerprint density at radius 1 is 1.09 bits per heavy atom. The van der Waals surface area contributed by atoms with E-state index in [0.29, 0.717) is 5.92 Å². The molecule has 1 atom stereocenters. The Kier molecular flexibility index (Phi) is 3.58. The van der Waals surface area contributed by atoms with Gasteiger partial charge in [0, 0.05) is 37.8 Å². The van der Waals surface area contributed by atoms with E-state index in [-0.39, 0.29) is 6.04 Å². The Bertz CT molecular complexity index is 615. The number of hydrogen-bond donors (Lipinski definition) is 0. The smallest absolute Gasteiger partial charge is 0.243 e. The van der Waals surface area contributed by atoms with Crippen molar-refractivity contribution >= 4 is 5.69 Å². The van der Waals surface area contributed by atoms with Crippen LogP contribution in [0.5, 0.6) is 0 Å². The molecule has 0 amide bonds. The van der Waals surface area contributed by atoms with Gasteiger partial charge >= 0.3 is 0 Å². The van der Waals surface area contributed by atoms with Crippen LogP contribution >= 0.6 is 0 Å². The van der Waals surface area contributed by atoms with Crippen molar-refractivity contribution < 1.29 is 4.52 Å². The summed E-state index contributed by atoms with van der Waals surface area (Å²) in [5.74, 6) is 2.24. The molecule has 2 heterocycles. The number of rotatable bonds is 4. The number of aromatic nitrogens is 2. The predicted molar refractivity (Wildman–Crippen MR) is 84.9 cm³/mol. The van der Waals surface area contributed by atoms with Crippen LogP contribution in [0.2, 0.25) is 0 Å². The van der Waals surface area contributed by atoms with Gasteiger partial charge in [0.2, 0.25) is 5.89 Å². The van der Waals surface area contributed by atoms with Crippen molar-refractivity contribution in [1.29, 1.82) is 0 Å². The molecule has 0 spiro atoms. The second kappa shape index (κ2) is 5.72. The van der Waals surface area contributed by atoms with Gasteiger partial charge in [-0.1, -0.05) is 23.4 Å². The summed E-state index contributed by atoms with van der Waals surface area (Å²) in [5, 5.41) is 4.13. The van der Waals surface area contributed by atoms with Crippen molar-refractivity contribution in [2.75, 3.05) is 31.1 Å². The zero-order chi connectivity index (χ0) is 14.9. The molecule has 2 aromatic rings. The maximum atomic E-state index is 5.48. The van der Waals surface area contributed by atoms with Crippen LogP contribution in [0, 0.1) is 0 Å². The lowest BCUT2D eigenvalue weighted by atomic mass is 10.2. The van der Waals surface area contributed by atoms with E-state index in [1.54, 1.807) is 0 Å². The maximum Gasteiger partial charge on any atom is 0.243 e. The average molecular weight is 298 g/mol. The summed E-state index contributed by atoms with van der Waals surface area (Å²) >= 11 is 0. The zero-order valence-corrected chi connectivity index (χ0v) is 13.0. The number of hydrogen-bond acceptors (Lipinski definition) is 5. The van der Waals surface area contributed by atoms with E-state index in [1.807, 2.05) is 0 Å². The topological polar surface area (TPSA) is 45.4 Å². The third-order valence-corrected chi connectivity index (χ3v) is 4.74. The first-order chi connectivity index (χ1) is 10.8. The molecule has 1 aliphatic carbocycles. The molecule has 0 unspecified atom stereocenters. The van der Waals surface area contributed by atoms with Gasteiger partial charge in [0.25, 0.3) is 0 Å². The van der Waals surface area contributed by atoms with Gasteiger partial charge in [0.1, 0.15) is 0 Å². The molecule has 1 aromatic heterocycles. The molecule has 5 nitrogen and oxygen atoms in total. The summed E-state index contributed by atoms with van der Waals surface area (Å²) in [4.78, 5) is 9.46. The molecule has 4 rings (SSSR count). The Morgan fingerprint density at radius 3 is 2.50 bits per heavy atom. The summed E-state index contributed by atoms with van der Waals surface area (Å²) < 4.78 is 5.48. The molecule has 2 aliphatic rings. The largest absolute Gasteiger partial charge is 0.369 e. The van der Waals surface area contributed by atoms with Gasteiger partial charge in [-0.15, -0.1) is 0 Å². The number of para-hydroxylation sites is 1. The van der Waals surface area contributed by atoms with Crippen LogP contribution in [0.3, 0.4) is 0 Å². The number of anilines is 1. The Morgan fingerprint density at radius 2 is 1.82 bits per heavy atom. The molecule has 5 heteroatoms. The van der Waals surface area contributed by atoms with E-state index >= 15 is 0 Å². The Labute approximate surface area is 130 Å². The third-order valence-electron chi connectivity index (χ3n) is 4.74. The molecule has 22 heavy (non-hydrogen) atoms. The molecule has 0 bridgehead atoms. The van der Waals surface area contributed by atoms with Crippen molar-refractivity contribution in [2.24, 2.45) is 0 Å². The number of benzene rings is 1. The van der Waals surface area contributed by atoms with E-state index in [4.69, 9.17) is 4.52 Å². The second-order valence-electron chi connectivity index (χ2n) is 6.30. The first-order valence-electron chi connectivity index (χ1n) is 8.19. The zero-order valence-electron chi connectivity index (χ0n) is 13.0. The van der Waals surface area contributed by atoms with E-state index in [9.17, 15) is 0 Å². The van der Waals surface area contributed by atoms with Gasteiger partial charge in [0.15, 0.2) is 5.82 Å². The van der Waals surface area contributed by atoms with Crippen molar-refractivity contribution in [3.05, 3.63) is 42.0 Å². The van der Waals surface area contributed by atoms with E-state index in [0.717, 1.165) is 37.9 Å². The Balaban J connectivity index is 1.38. The average Bonchev–Trinajstić information content (AvgIpc) is 3.32. The van der Waals surface area contributed by atoms with Crippen molar-refractivity contribution in [2.45, 2.75) is 31.7 Å². The van der Waals surface area contributed by atoms with Crippen LogP contribution in [-0.2, 0) is 0 Å². The molecule has 1 aliphatic heterocycles. The van der Waals surface area contributed by atoms with Gasteiger partial charge in [-0.3, -0.25) is 4.90 Å². The van der Waals surface area contributed by atoms with E-state index < -0.39 is 0 Å². The highest BCUT2D eigenvalue weighted by Crippen LogP contribution is 2.38. The summed E-state index contributed by atoms with van der Waals surface area (Å²) in [5.41, 5.74) is 1.31. The van der Waals surface area contributed by atoms with Crippen LogP contribution in [0.25, 0.3) is 0 Å². The van der Waals surface area contributed by atoms with Gasteiger partial charge in [-0.25, -0.2) is 0 Å². The van der Waals surface area contributed by atoms with Crippen LogP contribution in [0.4, 0.5) is 5.69 Å². The van der Waals surface area contributed by atoms with Gasteiger partial charge < -0.3 is 9.42 Å². The normalized spacial score (nSPS) is 21.0. The van der Waals surface area contributed by atoms with E-state index in [1.165, 1.54) is 18.5 Å². The first-order valence-corrected chi connectivity index (χ1v) is 8.19. The lowest BCUT2D eigenvalue weighted by molar-refractivity contribution is 0.164. The lowest BCUT2D eigenvalue weighted by Crippen LogP contribution is -2.47. The molecular weight excluding hydrogens is 276 g/mol.